The number of likely N-dealkylation sites (tertiary alicyclic amines) is 1. The first-order chi connectivity index (χ1) is 24.3. The van der Waals surface area contributed by atoms with Crippen LogP contribution in [-0.2, 0) is 23.2 Å². The normalized spacial score (nSPS) is 21.4. The summed E-state index contributed by atoms with van der Waals surface area (Å²) in [5.74, 6) is -3.19. The number of pyridine rings is 1. The van der Waals surface area contributed by atoms with Gasteiger partial charge in [-0.1, -0.05) is 0 Å². The molecule has 3 fully saturated rings. The molecule has 4 heterocycles. The molecule has 14 heteroatoms. The molecule has 274 valence electrons. The number of nitrogens with zero attached hydrogens (tertiary/aromatic N) is 4. The fourth-order valence-electron chi connectivity index (χ4n) is 7.53. The Morgan fingerprint density at radius 2 is 1.63 bits per heavy atom. The summed E-state index contributed by atoms with van der Waals surface area (Å²) in [7, 11) is 4.79. The summed E-state index contributed by atoms with van der Waals surface area (Å²) in [4.78, 5) is 41.3. The maximum atomic E-state index is 15.9. The third kappa shape index (κ3) is 7.43. The van der Waals surface area contributed by atoms with Gasteiger partial charge in [-0.2, -0.15) is 0 Å². The van der Waals surface area contributed by atoms with Crippen molar-refractivity contribution in [2.75, 3.05) is 63.7 Å². The van der Waals surface area contributed by atoms with E-state index in [4.69, 9.17) is 9.47 Å². The van der Waals surface area contributed by atoms with E-state index in [2.05, 4.69) is 10.6 Å². The summed E-state index contributed by atoms with van der Waals surface area (Å²) in [6.45, 7) is 5.43. The number of methoxy groups -OCH3 is 2. The number of ether oxygens (including phenoxy) is 2. The number of aromatic nitrogens is 1. The van der Waals surface area contributed by atoms with Crippen molar-refractivity contribution < 1.29 is 32.2 Å². The van der Waals surface area contributed by atoms with Crippen LogP contribution in [0.4, 0.5) is 24.5 Å². The SMILES string of the molecule is COc1cc(-c2cn(C)c(=O)c(C)c2C)cc(OC)c1CN1CC[C@H](N2CCN(c3ccc(N[C@@H]4CCC(=O)NC4=O)cc3F)CC2)C(F)(F)C1. The maximum Gasteiger partial charge on any atom is 0.275 e. The number of hydrogen-bond acceptors (Lipinski definition) is 9. The first kappa shape index (κ1) is 36.2. The minimum atomic E-state index is -2.99. The highest BCUT2D eigenvalue weighted by molar-refractivity contribution is 6.01. The van der Waals surface area contributed by atoms with E-state index >= 15 is 13.2 Å². The molecular formula is C37H45F3N6O5. The van der Waals surface area contributed by atoms with Crippen LogP contribution in [0.2, 0.25) is 0 Å². The fraction of sp³-hybridized carbons (Fsp3) is 0.486. The number of piperidine rings is 2. The van der Waals surface area contributed by atoms with Crippen molar-refractivity contribution in [2.45, 2.75) is 57.7 Å². The molecule has 3 saturated heterocycles. The van der Waals surface area contributed by atoms with Crippen LogP contribution >= 0.6 is 0 Å². The summed E-state index contributed by atoms with van der Waals surface area (Å²) in [6, 6.07) is 6.79. The minimum Gasteiger partial charge on any atom is -0.496 e. The molecule has 0 saturated carbocycles. The molecule has 6 rings (SSSR count). The molecule has 0 unspecified atom stereocenters. The molecule has 0 radical (unpaired) electrons. The molecule has 2 atom stereocenters. The topological polar surface area (TPSA) is 108 Å². The van der Waals surface area contributed by atoms with Crippen LogP contribution in [-0.4, -0.2) is 97.7 Å². The Balaban J connectivity index is 1.09. The zero-order valence-electron chi connectivity index (χ0n) is 29.7. The quantitative estimate of drug-likeness (QED) is 0.318. The number of carbonyl (C=O) groups excluding carboxylic acids is 2. The number of anilines is 2. The molecule has 0 bridgehead atoms. The molecule has 2 N–H and O–H groups in total. The largest absolute Gasteiger partial charge is 0.496 e. The van der Waals surface area contributed by atoms with Gasteiger partial charge in [0.05, 0.1) is 38.1 Å². The Bertz CT molecular complexity index is 1850. The number of aryl methyl sites for hydroxylation is 1. The summed E-state index contributed by atoms with van der Waals surface area (Å²) in [5.41, 5.74) is 4.55. The third-order valence-electron chi connectivity index (χ3n) is 10.5. The Kier molecular flexibility index (Phi) is 10.4. The van der Waals surface area contributed by atoms with E-state index in [1.165, 1.54) is 10.6 Å². The van der Waals surface area contributed by atoms with Gasteiger partial charge in [0, 0.05) is 75.7 Å². The molecule has 1 aromatic heterocycles. The highest BCUT2D eigenvalue weighted by Gasteiger charge is 2.48. The van der Waals surface area contributed by atoms with Gasteiger partial charge in [-0.3, -0.25) is 29.5 Å². The molecule has 2 aromatic carbocycles. The third-order valence-corrected chi connectivity index (χ3v) is 10.5. The molecule has 3 aromatic rings. The summed E-state index contributed by atoms with van der Waals surface area (Å²) in [6.07, 6.45) is 2.58. The van der Waals surface area contributed by atoms with E-state index < -0.39 is 36.3 Å². The van der Waals surface area contributed by atoms with Crippen molar-refractivity contribution in [2.24, 2.45) is 7.05 Å². The van der Waals surface area contributed by atoms with Crippen molar-refractivity contribution in [3.8, 4) is 22.6 Å². The Labute approximate surface area is 295 Å². The molecule has 2 amide bonds. The minimum absolute atomic E-state index is 0.0696. The lowest BCUT2D eigenvalue weighted by Gasteiger charge is -2.46. The molecule has 3 aliphatic rings. The summed E-state index contributed by atoms with van der Waals surface area (Å²) >= 11 is 0. The Morgan fingerprint density at radius 1 is 0.941 bits per heavy atom. The maximum absolute atomic E-state index is 15.9. The van der Waals surface area contributed by atoms with Crippen molar-refractivity contribution in [3.05, 3.63) is 69.4 Å². The smallest absolute Gasteiger partial charge is 0.275 e. The van der Waals surface area contributed by atoms with Gasteiger partial charge in [0.1, 0.15) is 23.4 Å². The van der Waals surface area contributed by atoms with Crippen molar-refractivity contribution in [1.29, 1.82) is 0 Å². The second kappa shape index (κ2) is 14.6. The van der Waals surface area contributed by atoms with Crippen LogP contribution in [0.1, 0.15) is 36.0 Å². The summed E-state index contributed by atoms with van der Waals surface area (Å²) < 4.78 is 60.0. The van der Waals surface area contributed by atoms with Crippen LogP contribution in [0.5, 0.6) is 11.5 Å². The number of rotatable bonds is 9. The van der Waals surface area contributed by atoms with Gasteiger partial charge in [-0.05, 0) is 68.1 Å². The number of nitrogens with one attached hydrogen (secondary N) is 2. The van der Waals surface area contributed by atoms with E-state index in [0.29, 0.717) is 73.1 Å². The number of hydrogen-bond donors (Lipinski definition) is 2. The fourth-order valence-corrected chi connectivity index (χ4v) is 7.53. The number of carbonyl (C=O) groups is 2. The molecule has 51 heavy (non-hydrogen) atoms. The summed E-state index contributed by atoms with van der Waals surface area (Å²) in [5, 5.41) is 5.26. The standard InChI is InChI=1S/C37H45F3N6O5/c1-22-23(2)36(49)43(3)19-26(22)24-16-31(50-4)27(32(17-24)51-5)20-44-11-10-33(37(39,40)21-44)46-14-12-45(13-15-46)30-8-6-25(18-28(30)38)41-29-7-9-34(47)42-35(29)48/h6,8,16-19,29,33,41H,7,9-15,20-21H2,1-5H3,(H,42,47,48)/t29-,33+/m1/s1. The van der Waals surface area contributed by atoms with E-state index in [-0.39, 0.29) is 30.9 Å². The number of imide groups is 1. The van der Waals surface area contributed by atoms with Crippen LogP contribution in [0.25, 0.3) is 11.1 Å². The van der Waals surface area contributed by atoms with Crippen molar-refractivity contribution in [3.63, 3.8) is 0 Å². The van der Waals surface area contributed by atoms with Crippen molar-refractivity contribution >= 4 is 23.2 Å². The van der Waals surface area contributed by atoms with Crippen molar-refractivity contribution in [1.82, 2.24) is 19.7 Å². The second-order valence-corrected chi connectivity index (χ2v) is 13.7. The highest BCUT2D eigenvalue weighted by atomic mass is 19.3. The Morgan fingerprint density at radius 3 is 2.24 bits per heavy atom. The first-order valence-corrected chi connectivity index (χ1v) is 17.2. The first-order valence-electron chi connectivity index (χ1n) is 17.2. The molecule has 11 nitrogen and oxygen atoms in total. The predicted octanol–water partition coefficient (Wildman–Crippen LogP) is 4.07. The zero-order valence-corrected chi connectivity index (χ0v) is 29.7. The van der Waals surface area contributed by atoms with Gasteiger partial charge in [-0.15, -0.1) is 0 Å². The molecule has 3 aliphatic heterocycles. The molecular weight excluding hydrogens is 665 g/mol. The Hall–Kier alpha value is -4.56. The monoisotopic (exact) mass is 710 g/mol. The van der Waals surface area contributed by atoms with E-state index in [1.54, 1.807) is 51.4 Å². The van der Waals surface area contributed by atoms with Gasteiger partial charge in [0.15, 0.2) is 0 Å². The highest BCUT2D eigenvalue weighted by Crippen LogP contribution is 2.39. The number of amides is 2. The van der Waals surface area contributed by atoms with Gasteiger partial charge >= 0.3 is 0 Å². The predicted molar refractivity (Wildman–Crippen MR) is 188 cm³/mol. The van der Waals surface area contributed by atoms with Gasteiger partial charge in [0.25, 0.3) is 11.5 Å². The zero-order chi connectivity index (χ0) is 36.6. The van der Waals surface area contributed by atoms with Gasteiger partial charge < -0.3 is 24.3 Å². The van der Waals surface area contributed by atoms with E-state index in [1.807, 2.05) is 28.9 Å². The lowest BCUT2D eigenvalue weighted by molar-refractivity contribution is -0.133. The lowest BCUT2D eigenvalue weighted by Crippen LogP contribution is -2.61. The number of piperazine rings is 1. The van der Waals surface area contributed by atoms with Crippen LogP contribution < -0.4 is 30.6 Å². The van der Waals surface area contributed by atoms with Crippen LogP contribution in [0.3, 0.4) is 0 Å². The number of halogens is 3. The number of alkyl halides is 2. The molecule has 0 spiro atoms. The average Bonchev–Trinajstić information content (AvgIpc) is 3.10. The average molecular weight is 711 g/mol. The van der Waals surface area contributed by atoms with Gasteiger partial charge in [-0.25, -0.2) is 13.2 Å². The second-order valence-electron chi connectivity index (χ2n) is 13.7. The van der Waals surface area contributed by atoms with Crippen LogP contribution in [0.15, 0.2) is 41.3 Å². The lowest BCUT2D eigenvalue weighted by atomic mass is 9.95. The van der Waals surface area contributed by atoms with Crippen LogP contribution in [0, 0.1) is 19.7 Å². The number of benzene rings is 2. The van der Waals surface area contributed by atoms with E-state index in [0.717, 1.165) is 16.7 Å². The van der Waals surface area contributed by atoms with Gasteiger partial charge in [0.2, 0.25) is 11.8 Å². The molecule has 0 aliphatic carbocycles. The van der Waals surface area contributed by atoms with E-state index in [9.17, 15) is 14.4 Å².